The van der Waals surface area contributed by atoms with E-state index < -0.39 is 10.0 Å². The molecule has 0 aliphatic heterocycles. The third-order valence-corrected chi connectivity index (χ3v) is 5.98. The van der Waals surface area contributed by atoms with Gasteiger partial charge in [-0.3, -0.25) is 4.79 Å². The maximum absolute atomic E-state index is 12.4. The summed E-state index contributed by atoms with van der Waals surface area (Å²) in [6.45, 7) is 0. The fraction of sp³-hybridized carbons (Fsp3) is 0.0870. The molecule has 0 spiro atoms. The lowest BCUT2D eigenvalue weighted by Gasteiger charge is -2.22. The molecular weight excluding hydrogens is 398 g/mol. The van der Waals surface area contributed by atoms with Gasteiger partial charge in [-0.05, 0) is 55.1 Å². The molecule has 30 heavy (non-hydrogen) atoms. The monoisotopic (exact) mass is 421 g/mol. The molecule has 2 N–H and O–H groups in total. The highest BCUT2D eigenvalue weighted by atomic mass is 32.2. The second kappa shape index (κ2) is 9.39. The van der Waals surface area contributed by atoms with Crippen molar-refractivity contribution in [1.82, 2.24) is 4.72 Å². The molecule has 154 valence electrons. The van der Waals surface area contributed by atoms with E-state index in [1.807, 2.05) is 66.5 Å². The average molecular weight is 422 g/mol. The largest absolute Gasteiger partial charge is 0.343 e. The van der Waals surface area contributed by atoms with Gasteiger partial charge in [-0.2, -0.15) is 0 Å². The predicted octanol–water partition coefficient (Wildman–Crippen LogP) is 4.01. The Morgan fingerprint density at radius 1 is 0.900 bits per heavy atom. The number of carbonyl (C=O) groups excluding carboxylic acids is 1. The summed E-state index contributed by atoms with van der Waals surface area (Å²) < 4.78 is 25.8. The molecule has 0 fully saturated rings. The van der Waals surface area contributed by atoms with Crippen LogP contribution in [0.3, 0.4) is 0 Å². The molecule has 3 aromatic rings. The third kappa shape index (κ3) is 5.14. The van der Waals surface area contributed by atoms with E-state index in [-0.39, 0.29) is 10.8 Å². The second-order valence-corrected chi connectivity index (χ2v) is 8.40. The van der Waals surface area contributed by atoms with Gasteiger partial charge in [0.1, 0.15) is 0 Å². The Kier molecular flexibility index (Phi) is 6.66. The summed E-state index contributed by atoms with van der Waals surface area (Å²) in [7, 11) is -0.178. The number of nitrogens with one attached hydrogen (secondary N) is 2. The van der Waals surface area contributed by atoms with E-state index >= 15 is 0 Å². The summed E-state index contributed by atoms with van der Waals surface area (Å²) in [5.41, 5.74) is 3.28. The van der Waals surface area contributed by atoms with E-state index in [0.29, 0.717) is 5.69 Å². The van der Waals surface area contributed by atoms with Crippen LogP contribution in [0.25, 0.3) is 6.08 Å². The smallest absolute Gasteiger partial charge is 0.248 e. The van der Waals surface area contributed by atoms with Crippen LogP contribution in [0.15, 0.2) is 89.8 Å². The van der Waals surface area contributed by atoms with Crippen LogP contribution in [0.4, 0.5) is 17.1 Å². The van der Waals surface area contributed by atoms with E-state index in [4.69, 9.17) is 0 Å². The standard InChI is InChI=1S/C23H23N3O3S/c1-24-30(28,29)20-15-12-18(13-16-20)14-17-23(27)25-21-10-6-7-11-22(21)26(2)19-8-4-3-5-9-19/h3-17,24H,1-2H3,(H,25,27). The highest BCUT2D eigenvalue weighted by molar-refractivity contribution is 7.89. The molecule has 0 aliphatic rings. The number of para-hydroxylation sites is 3. The van der Waals surface area contributed by atoms with Crippen molar-refractivity contribution in [2.45, 2.75) is 4.90 Å². The first-order valence-electron chi connectivity index (χ1n) is 9.31. The first-order chi connectivity index (χ1) is 14.4. The lowest BCUT2D eigenvalue weighted by Crippen LogP contribution is -2.18. The van der Waals surface area contributed by atoms with Crippen LogP contribution >= 0.6 is 0 Å². The molecule has 0 saturated heterocycles. The van der Waals surface area contributed by atoms with Gasteiger partial charge in [0.05, 0.1) is 16.3 Å². The van der Waals surface area contributed by atoms with Gasteiger partial charge in [0, 0.05) is 18.8 Å². The molecule has 0 saturated carbocycles. The van der Waals surface area contributed by atoms with Crippen LogP contribution in [0.2, 0.25) is 0 Å². The highest BCUT2D eigenvalue weighted by Crippen LogP contribution is 2.30. The number of nitrogens with zero attached hydrogens (tertiary/aromatic N) is 1. The summed E-state index contributed by atoms with van der Waals surface area (Å²) >= 11 is 0. The highest BCUT2D eigenvalue weighted by Gasteiger charge is 2.11. The van der Waals surface area contributed by atoms with E-state index in [0.717, 1.165) is 16.9 Å². The molecule has 0 radical (unpaired) electrons. The van der Waals surface area contributed by atoms with Crippen LogP contribution < -0.4 is 14.9 Å². The molecule has 6 nitrogen and oxygen atoms in total. The van der Waals surface area contributed by atoms with Gasteiger partial charge in [-0.15, -0.1) is 0 Å². The molecule has 3 aromatic carbocycles. The maximum atomic E-state index is 12.4. The van der Waals surface area contributed by atoms with Crippen LogP contribution in [-0.2, 0) is 14.8 Å². The van der Waals surface area contributed by atoms with E-state index in [1.54, 1.807) is 18.2 Å². The van der Waals surface area contributed by atoms with Crippen molar-refractivity contribution in [2.24, 2.45) is 0 Å². The summed E-state index contributed by atoms with van der Waals surface area (Å²) in [6.07, 6.45) is 3.05. The maximum Gasteiger partial charge on any atom is 0.248 e. The van der Waals surface area contributed by atoms with Crippen molar-refractivity contribution in [3.63, 3.8) is 0 Å². The number of anilines is 3. The number of hydrogen-bond acceptors (Lipinski definition) is 4. The van der Waals surface area contributed by atoms with E-state index in [1.165, 1.54) is 25.3 Å². The Balaban J connectivity index is 1.73. The zero-order chi connectivity index (χ0) is 21.6. The van der Waals surface area contributed by atoms with Crippen molar-refractivity contribution in [3.8, 4) is 0 Å². The van der Waals surface area contributed by atoms with Crippen molar-refractivity contribution >= 4 is 39.1 Å². The fourth-order valence-electron chi connectivity index (χ4n) is 2.88. The van der Waals surface area contributed by atoms with E-state index in [2.05, 4.69) is 10.0 Å². The molecule has 0 atom stereocenters. The van der Waals surface area contributed by atoms with Crippen LogP contribution in [-0.4, -0.2) is 28.4 Å². The van der Waals surface area contributed by atoms with Gasteiger partial charge in [0.2, 0.25) is 15.9 Å². The first-order valence-corrected chi connectivity index (χ1v) is 10.8. The van der Waals surface area contributed by atoms with Gasteiger partial charge in [-0.1, -0.05) is 42.5 Å². The topological polar surface area (TPSA) is 78.5 Å². The molecule has 0 aromatic heterocycles. The summed E-state index contributed by atoms with van der Waals surface area (Å²) in [5, 5.41) is 2.90. The minimum atomic E-state index is -3.48. The fourth-order valence-corrected chi connectivity index (χ4v) is 3.61. The van der Waals surface area contributed by atoms with Gasteiger partial charge in [-0.25, -0.2) is 13.1 Å². The normalized spacial score (nSPS) is 11.4. The number of benzene rings is 3. The number of sulfonamides is 1. The predicted molar refractivity (Wildman–Crippen MR) is 121 cm³/mol. The summed E-state index contributed by atoms with van der Waals surface area (Å²) in [4.78, 5) is 14.6. The summed E-state index contributed by atoms with van der Waals surface area (Å²) in [6, 6.07) is 23.7. The Hall–Kier alpha value is -3.42. The SMILES string of the molecule is CNS(=O)(=O)c1ccc(C=CC(=O)Nc2ccccc2N(C)c2ccccc2)cc1. The molecule has 0 heterocycles. The number of carbonyl (C=O) groups is 1. The Morgan fingerprint density at radius 3 is 2.20 bits per heavy atom. The molecule has 3 rings (SSSR count). The number of hydrogen-bond donors (Lipinski definition) is 2. The van der Waals surface area contributed by atoms with Gasteiger partial charge in [0.25, 0.3) is 0 Å². The quantitative estimate of drug-likeness (QED) is 0.565. The minimum Gasteiger partial charge on any atom is -0.343 e. The zero-order valence-corrected chi connectivity index (χ0v) is 17.6. The molecule has 0 unspecified atom stereocenters. The molecule has 7 heteroatoms. The van der Waals surface area contributed by atoms with Gasteiger partial charge < -0.3 is 10.2 Å². The lowest BCUT2D eigenvalue weighted by molar-refractivity contribution is -0.111. The molecular formula is C23H23N3O3S. The number of amides is 1. The Bertz CT molecular complexity index is 1140. The van der Waals surface area contributed by atoms with Crippen molar-refractivity contribution < 1.29 is 13.2 Å². The average Bonchev–Trinajstić information content (AvgIpc) is 2.78. The summed E-state index contributed by atoms with van der Waals surface area (Å²) in [5.74, 6) is -0.282. The van der Waals surface area contributed by atoms with Crippen molar-refractivity contribution in [3.05, 3.63) is 90.5 Å². The van der Waals surface area contributed by atoms with E-state index in [9.17, 15) is 13.2 Å². The molecule has 0 aliphatic carbocycles. The lowest BCUT2D eigenvalue weighted by atomic mass is 10.2. The van der Waals surface area contributed by atoms with Gasteiger partial charge >= 0.3 is 0 Å². The van der Waals surface area contributed by atoms with Crippen LogP contribution in [0.5, 0.6) is 0 Å². The second-order valence-electron chi connectivity index (χ2n) is 6.51. The van der Waals surface area contributed by atoms with Crippen LogP contribution in [0, 0.1) is 0 Å². The Labute approximate surface area is 176 Å². The van der Waals surface area contributed by atoms with Crippen LogP contribution in [0.1, 0.15) is 5.56 Å². The Morgan fingerprint density at radius 2 is 1.53 bits per heavy atom. The zero-order valence-electron chi connectivity index (χ0n) is 16.7. The third-order valence-electron chi connectivity index (χ3n) is 4.55. The minimum absolute atomic E-state index is 0.171. The van der Waals surface area contributed by atoms with Crippen molar-refractivity contribution in [1.29, 1.82) is 0 Å². The van der Waals surface area contributed by atoms with Gasteiger partial charge in [0.15, 0.2) is 0 Å². The molecule has 1 amide bonds. The molecule has 0 bridgehead atoms. The van der Waals surface area contributed by atoms with Crippen molar-refractivity contribution in [2.75, 3.05) is 24.3 Å². The first kappa shape index (κ1) is 21.3. The number of rotatable bonds is 7.